The number of carbonyl (C=O) groups excluding carboxylic acids is 1. The van der Waals surface area contributed by atoms with Crippen molar-refractivity contribution in [3.05, 3.63) is 35.9 Å². The first-order chi connectivity index (χ1) is 6.74. The van der Waals surface area contributed by atoms with Crippen LogP contribution in [0.25, 0.3) is 0 Å². The van der Waals surface area contributed by atoms with Gasteiger partial charge in [-0.3, -0.25) is 4.79 Å². The molecular formula is C11H12O3. The van der Waals surface area contributed by atoms with Gasteiger partial charge in [-0.25, -0.2) is 0 Å². The molecule has 74 valence electrons. The predicted octanol–water partition coefficient (Wildman–Crippen LogP) is 1.94. The smallest absolute Gasteiger partial charge is 0.164 e. The fourth-order valence-corrected chi connectivity index (χ4v) is 1.32. The Bertz CT molecular complexity index is 356. The lowest BCUT2D eigenvalue weighted by Gasteiger charge is -2.10. The average molecular weight is 192 g/mol. The number of phenols is 1. The normalized spacial score (nSPS) is 9.50. The molecule has 14 heavy (non-hydrogen) atoms. The van der Waals surface area contributed by atoms with Crippen LogP contribution in [0.2, 0.25) is 0 Å². The van der Waals surface area contributed by atoms with Crippen LogP contribution in [0.1, 0.15) is 15.9 Å². The van der Waals surface area contributed by atoms with Crippen LogP contribution < -0.4 is 4.74 Å². The Kier molecular flexibility index (Phi) is 3.29. The number of aldehydes is 1. The van der Waals surface area contributed by atoms with Crippen molar-refractivity contribution in [2.24, 2.45) is 0 Å². The van der Waals surface area contributed by atoms with Gasteiger partial charge in [-0.2, -0.15) is 0 Å². The number of ether oxygens (including phenoxy) is 1. The molecule has 0 spiro atoms. The molecular weight excluding hydrogens is 180 g/mol. The van der Waals surface area contributed by atoms with Gasteiger partial charge >= 0.3 is 0 Å². The van der Waals surface area contributed by atoms with Crippen LogP contribution in [0.3, 0.4) is 0 Å². The van der Waals surface area contributed by atoms with Crippen LogP contribution in [0, 0.1) is 0 Å². The molecule has 1 rings (SSSR count). The Hall–Kier alpha value is -1.77. The van der Waals surface area contributed by atoms with E-state index < -0.39 is 0 Å². The van der Waals surface area contributed by atoms with Crippen molar-refractivity contribution < 1.29 is 14.6 Å². The van der Waals surface area contributed by atoms with Gasteiger partial charge in [0.05, 0.1) is 7.11 Å². The van der Waals surface area contributed by atoms with Gasteiger partial charge in [0.2, 0.25) is 0 Å². The third-order valence-electron chi connectivity index (χ3n) is 1.96. The minimum absolute atomic E-state index is 0.0370. The Balaban J connectivity index is 3.34. The third-order valence-corrected chi connectivity index (χ3v) is 1.96. The summed E-state index contributed by atoms with van der Waals surface area (Å²) in [5.41, 5.74) is 1.18. The maximum absolute atomic E-state index is 10.7. The van der Waals surface area contributed by atoms with E-state index in [2.05, 4.69) is 6.58 Å². The zero-order valence-electron chi connectivity index (χ0n) is 7.99. The van der Waals surface area contributed by atoms with Crippen molar-refractivity contribution >= 4 is 6.29 Å². The van der Waals surface area contributed by atoms with E-state index in [9.17, 15) is 9.90 Å². The highest BCUT2D eigenvalue weighted by Gasteiger charge is 2.11. The number of benzene rings is 1. The highest BCUT2D eigenvalue weighted by atomic mass is 16.5. The standard InChI is InChI=1S/C11H12O3/c1-3-4-9-8(7-12)5-6-10(13)11(9)14-2/h3,5-7,13H,1,4H2,2H3. The van der Waals surface area contributed by atoms with E-state index in [1.54, 1.807) is 12.1 Å². The van der Waals surface area contributed by atoms with Crippen LogP contribution in [0.15, 0.2) is 24.8 Å². The van der Waals surface area contributed by atoms with E-state index in [1.807, 2.05) is 0 Å². The minimum Gasteiger partial charge on any atom is -0.504 e. The molecule has 3 nitrogen and oxygen atoms in total. The Morgan fingerprint density at radius 3 is 2.79 bits per heavy atom. The molecule has 0 aliphatic heterocycles. The molecule has 1 aromatic rings. The minimum atomic E-state index is 0.0370. The highest BCUT2D eigenvalue weighted by Crippen LogP contribution is 2.32. The number of hydrogen-bond donors (Lipinski definition) is 1. The second kappa shape index (κ2) is 4.46. The van der Waals surface area contributed by atoms with Gasteiger partial charge in [0, 0.05) is 11.1 Å². The highest BCUT2D eigenvalue weighted by molar-refractivity contribution is 5.80. The number of aromatic hydroxyl groups is 1. The van der Waals surface area contributed by atoms with E-state index >= 15 is 0 Å². The quantitative estimate of drug-likeness (QED) is 0.585. The Labute approximate surface area is 82.6 Å². The summed E-state index contributed by atoms with van der Waals surface area (Å²) in [6.07, 6.45) is 2.89. The summed E-state index contributed by atoms with van der Waals surface area (Å²) in [7, 11) is 1.45. The number of rotatable bonds is 4. The lowest BCUT2D eigenvalue weighted by atomic mass is 10.0. The van der Waals surface area contributed by atoms with Gasteiger partial charge in [-0.05, 0) is 18.6 Å². The lowest BCUT2D eigenvalue weighted by molar-refractivity contribution is 0.112. The molecule has 0 unspecified atom stereocenters. The molecule has 0 saturated carbocycles. The SMILES string of the molecule is C=CCc1c(C=O)ccc(O)c1OC. The van der Waals surface area contributed by atoms with Gasteiger partial charge in [0.15, 0.2) is 11.5 Å². The topological polar surface area (TPSA) is 46.5 Å². The molecule has 0 bridgehead atoms. The van der Waals surface area contributed by atoms with E-state index in [-0.39, 0.29) is 5.75 Å². The number of methoxy groups -OCH3 is 1. The molecule has 0 atom stereocenters. The van der Waals surface area contributed by atoms with E-state index in [4.69, 9.17) is 4.74 Å². The van der Waals surface area contributed by atoms with Gasteiger partial charge in [0.25, 0.3) is 0 Å². The number of phenolic OH excluding ortho intramolecular Hbond substituents is 1. The number of hydrogen-bond acceptors (Lipinski definition) is 3. The van der Waals surface area contributed by atoms with Crippen LogP contribution in [0.5, 0.6) is 11.5 Å². The summed E-state index contributed by atoms with van der Waals surface area (Å²) in [4.78, 5) is 10.7. The van der Waals surface area contributed by atoms with Gasteiger partial charge in [0.1, 0.15) is 6.29 Å². The molecule has 0 saturated heterocycles. The van der Waals surface area contributed by atoms with Crippen LogP contribution in [0.4, 0.5) is 0 Å². The second-order valence-electron chi connectivity index (χ2n) is 2.80. The van der Waals surface area contributed by atoms with E-state index in [0.29, 0.717) is 23.3 Å². The molecule has 1 aromatic carbocycles. The van der Waals surface area contributed by atoms with Crippen molar-refractivity contribution in [1.82, 2.24) is 0 Å². The Morgan fingerprint density at radius 2 is 2.29 bits per heavy atom. The predicted molar refractivity (Wildman–Crippen MR) is 53.9 cm³/mol. The van der Waals surface area contributed by atoms with Crippen LogP contribution in [-0.4, -0.2) is 18.5 Å². The molecule has 1 N–H and O–H groups in total. The van der Waals surface area contributed by atoms with Crippen molar-refractivity contribution in [1.29, 1.82) is 0 Å². The van der Waals surface area contributed by atoms with Crippen molar-refractivity contribution in [3.63, 3.8) is 0 Å². The first-order valence-electron chi connectivity index (χ1n) is 4.19. The monoisotopic (exact) mass is 192 g/mol. The van der Waals surface area contributed by atoms with Crippen molar-refractivity contribution in [2.45, 2.75) is 6.42 Å². The zero-order chi connectivity index (χ0) is 10.6. The molecule has 0 amide bonds. The molecule has 0 aliphatic carbocycles. The van der Waals surface area contributed by atoms with E-state index in [0.717, 1.165) is 6.29 Å². The van der Waals surface area contributed by atoms with Crippen LogP contribution >= 0.6 is 0 Å². The number of allylic oxidation sites excluding steroid dienone is 1. The molecule has 0 heterocycles. The van der Waals surface area contributed by atoms with Gasteiger partial charge in [-0.15, -0.1) is 6.58 Å². The summed E-state index contributed by atoms with van der Waals surface area (Å²) >= 11 is 0. The van der Waals surface area contributed by atoms with Gasteiger partial charge in [-0.1, -0.05) is 6.08 Å². The summed E-state index contributed by atoms with van der Waals surface area (Å²) in [5.74, 6) is 0.379. The third kappa shape index (κ3) is 1.76. The van der Waals surface area contributed by atoms with E-state index in [1.165, 1.54) is 13.2 Å². The summed E-state index contributed by atoms with van der Waals surface area (Å²) in [6, 6.07) is 3.00. The first-order valence-corrected chi connectivity index (χ1v) is 4.19. The fourth-order valence-electron chi connectivity index (χ4n) is 1.32. The maximum atomic E-state index is 10.7. The second-order valence-corrected chi connectivity index (χ2v) is 2.80. The molecule has 0 fully saturated rings. The maximum Gasteiger partial charge on any atom is 0.164 e. The van der Waals surface area contributed by atoms with Crippen molar-refractivity contribution in [2.75, 3.05) is 7.11 Å². The summed E-state index contributed by atoms with van der Waals surface area (Å²) < 4.78 is 5.01. The molecule has 0 aliphatic rings. The summed E-state index contributed by atoms with van der Waals surface area (Å²) in [5, 5.41) is 9.46. The molecule has 3 heteroatoms. The molecule has 0 radical (unpaired) electrons. The zero-order valence-corrected chi connectivity index (χ0v) is 7.99. The first kappa shape index (κ1) is 10.3. The lowest BCUT2D eigenvalue weighted by Crippen LogP contribution is -1.96. The average Bonchev–Trinajstić information content (AvgIpc) is 2.19. The molecule has 0 aromatic heterocycles. The van der Waals surface area contributed by atoms with Crippen LogP contribution in [-0.2, 0) is 6.42 Å². The number of carbonyl (C=O) groups is 1. The van der Waals surface area contributed by atoms with Crippen molar-refractivity contribution in [3.8, 4) is 11.5 Å². The summed E-state index contributed by atoms with van der Waals surface area (Å²) in [6.45, 7) is 3.58. The van der Waals surface area contributed by atoms with Gasteiger partial charge < -0.3 is 9.84 Å². The largest absolute Gasteiger partial charge is 0.504 e. The Morgan fingerprint density at radius 1 is 1.57 bits per heavy atom. The fraction of sp³-hybridized carbons (Fsp3) is 0.182.